The van der Waals surface area contributed by atoms with Gasteiger partial charge >= 0.3 is 5.97 Å². The second kappa shape index (κ2) is 6.89. The molecule has 4 aromatic rings. The van der Waals surface area contributed by atoms with Crippen LogP contribution in [0.4, 0.5) is 0 Å². The Kier molecular flexibility index (Phi) is 4.42. The summed E-state index contributed by atoms with van der Waals surface area (Å²) in [7, 11) is 1.28. The van der Waals surface area contributed by atoms with Crippen LogP contribution in [0.5, 0.6) is 0 Å². The molecule has 0 amide bonds. The lowest BCUT2D eigenvalue weighted by molar-refractivity contribution is -0.150. The lowest BCUT2D eigenvalue weighted by atomic mass is 10.0. The van der Waals surface area contributed by atoms with E-state index in [1.165, 1.54) is 23.4 Å². The molecule has 1 heterocycles. The number of ether oxygens (including phenoxy) is 1. The molecule has 0 aliphatic heterocycles. The zero-order valence-corrected chi connectivity index (χ0v) is 15.3. The maximum absolute atomic E-state index is 11.8. The number of benzene rings is 3. The first kappa shape index (κ1) is 17.3. The largest absolute Gasteiger partial charge is 0.467 e. The Labute approximate surface area is 157 Å². The topological polar surface area (TPSA) is 51.5 Å². The summed E-state index contributed by atoms with van der Waals surface area (Å²) in [6.45, 7) is 2.76. The first-order chi connectivity index (χ1) is 13.1. The highest BCUT2D eigenvalue weighted by molar-refractivity contribution is 5.90. The molecule has 136 valence electrons. The summed E-state index contributed by atoms with van der Waals surface area (Å²) in [6, 6.07) is 22.3. The van der Waals surface area contributed by atoms with Crippen molar-refractivity contribution in [3.8, 4) is 0 Å². The second-order valence-electron chi connectivity index (χ2n) is 6.72. The van der Waals surface area contributed by atoms with E-state index in [9.17, 15) is 9.90 Å². The fourth-order valence-electron chi connectivity index (χ4n) is 3.73. The maximum atomic E-state index is 11.8. The molecular weight excluding hydrogens is 338 g/mol. The van der Waals surface area contributed by atoms with E-state index < -0.39 is 12.1 Å². The van der Waals surface area contributed by atoms with E-state index in [-0.39, 0.29) is 0 Å². The third-order valence-corrected chi connectivity index (χ3v) is 5.11. The van der Waals surface area contributed by atoms with E-state index in [1.807, 2.05) is 31.2 Å². The van der Waals surface area contributed by atoms with Crippen molar-refractivity contribution in [1.82, 2.24) is 4.57 Å². The van der Waals surface area contributed by atoms with Gasteiger partial charge in [0.25, 0.3) is 0 Å². The number of methoxy groups -OCH3 is 1. The van der Waals surface area contributed by atoms with Gasteiger partial charge in [0, 0.05) is 28.7 Å². The van der Waals surface area contributed by atoms with E-state index >= 15 is 0 Å². The first-order valence-corrected chi connectivity index (χ1v) is 8.91. The monoisotopic (exact) mass is 359 g/mol. The van der Waals surface area contributed by atoms with E-state index in [2.05, 4.69) is 41.0 Å². The van der Waals surface area contributed by atoms with E-state index in [0.717, 1.165) is 16.6 Å². The Morgan fingerprint density at radius 3 is 2.59 bits per heavy atom. The summed E-state index contributed by atoms with van der Waals surface area (Å²) >= 11 is 0. The third-order valence-electron chi connectivity index (χ3n) is 5.11. The van der Waals surface area contributed by atoms with Gasteiger partial charge in [-0.3, -0.25) is 0 Å². The van der Waals surface area contributed by atoms with Gasteiger partial charge in [-0.05, 0) is 35.4 Å². The number of esters is 1. The highest BCUT2D eigenvalue weighted by atomic mass is 16.5. The number of aromatic nitrogens is 1. The minimum absolute atomic E-state index is 0.569. The number of aliphatic hydroxyl groups is 1. The molecule has 1 aromatic heterocycles. The van der Waals surface area contributed by atoms with Gasteiger partial charge in [-0.1, -0.05) is 54.6 Å². The predicted molar refractivity (Wildman–Crippen MR) is 107 cm³/mol. The first-order valence-electron chi connectivity index (χ1n) is 8.91. The average Bonchev–Trinajstić information content (AvgIpc) is 3.02. The lowest BCUT2D eigenvalue weighted by Gasteiger charge is -2.13. The van der Waals surface area contributed by atoms with Crippen LogP contribution in [0.3, 0.4) is 0 Å². The van der Waals surface area contributed by atoms with Crippen molar-refractivity contribution in [3.05, 3.63) is 83.6 Å². The molecule has 0 saturated carbocycles. The van der Waals surface area contributed by atoms with Crippen molar-refractivity contribution in [1.29, 1.82) is 0 Å². The Balaban J connectivity index is 1.83. The van der Waals surface area contributed by atoms with Crippen molar-refractivity contribution in [2.45, 2.75) is 19.6 Å². The summed E-state index contributed by atoms with van der Waals surface area (Å²) in [5, 5.41) is 13.6. The van der Waals surface area contributed by atoms with Crippen molar-refractivity contribution >= 4 is 27.6 Å². The molecule has 0 fully saturated rings. The van der Waals surface area contributed by atoms with Crippen LogP contribution in [0.2, 0.25) is 0 Å². The molecule has 1 unspecified atom stereocenters. The number of fused-ring (bicyclic) bond motifs is 2. The van der Waals surface area contributed by atoms with E-state index in [0.29, 0.717) is 12.1 Å². The standard InChI is InChI=1S/C23H21NO3/c1-15-13-20-19(22(25)23(26)27-2)11-6-12-21(20)24(15)14-17-9-5-8-16-7-3-4-10-18(16)17/h3-13,22,25H,14H2,1-2H3. The fraction of sp³-hybridized carbons (Fsp3) is 0.174. The maximum Gasteiger partial charge on any atom is 0.339 e. The van der Waals surface area contributed by atoms with Crippen LogP contribution in [0.15, 0.2) is 66.7 Å². The minimum Gasteiger partial charge on any atom is -0.467 e. The van der Waals surface area contributed by atoms with Crippen LogP contribution >= 0.6 is 0 Å². The Bertz CT molecular complexity index is 1140. The number of carbonyl (C=O) groups is 1. The lowest BCUT2D eigenvalue weighted by Crippen LogP contribution is -2.13. The highest BCUT2D eigenvalue weighted by Crippen LogP contribution is 2.30. The van der Waals surface area contributed by atoms with Gasteiger partial charge in [0.1, 0.15) is 0 Å². The molecular formula is C23H21NO3. The number of hydrogen-bond acceptors (Lipinski definition) is 3. The zero-order valence-electron chi connectivity index (χ0n) is 15.3. The van der Waals surface area contributed by atoms with Gasteiger partial charge in [-0.15, -0.1) is 0 Å². The van der Waals surface area contributed by atoms with Gasteiger partial charge in [0.05, 0.1) is 7.11 Å². The quantitative estimate of drug-likeness (QED) is 0.551. The number of hydrogen-bond donors (Lipinski definition) is 1. The molecule has 27 heavy (non-hydrogen) atoms. The Morgan fingerprint density at radius 1 is 1.04 bits per heavy atom. The van der Waals surface area contributed by atoms with Crippen molar-refractivity contribution in [2.75, 3.05) is 7.11 Å². The molecule has 1 atom stereocenters. The molecule has 0 radical (unpaired) electrons. The summed E-state index contributed by atoms with van der Waals surface area (Å²) in [5.41, 5.74) is 3.86. The third kappa shape index (κ3) is 2.98. The smallest absolute Gasteiger partial charge is 0.339 e. The summed E-state index contributed by atoms with van der Waals surface area (Å²) in [4.78, 5) is 11.8. The van der Waals surface area contributed by atoms with E-state index in [4.69, 9.17) is 4.74 Å². The van der Waals surface area contributed by atoms with Crippen LogP contribution < -0.4 is 0 Å². The van der Waals surface area contributed by atoms with Gasteiger partial charge in [-0.2, -0.15) is 0 Å². The van der Waals surface area contributed by atoms with Crippen LogP contribution in [0, 0.1) is 6.92 Å². The van der Waals surface area contributed by atoms with Gasteiger partial charge in [-0.25, -0.2) is 4.79 Å². The molecule has 0 spiro atoms. The average molecular weight is 359 g/mol. The summed E-state index contributed by atoms with van der Waals surface area (Å²) in [6.07, 6.45) is -1.29. The molecule has 3 aromatic carbocycles. The van der Waals surface area contributed by atoms with E-state index in [1.54, 1.807) is 6.07 Å². The van der Waals surface area contributed by atoms with Crippen LogP contribution in [0.1, 0.15) is 22.9 Å². The van der Waals surface area contributed by atoms with Crippen molar-refractivity contribution < 1.29 is 14.6 Å². The molecule has 4 nitrogen and oxygen atoms in total. The van der Waals surface area contributed by atoms with Crippen molar-refractivity contribution in [2.24, 2.45) is 0 Å². The Morgan fingerprint density at radius 2 is 1.78 bits per heavy atom. The molecule has 0 saturated heterocycles. The fourth-order valence-corrected chi connectivity index (χ4v) is 3.73. The predicted octanol–water partition coefficient (Wildman–Crippen LogP) is 4.36. The van der Waals surface area contributed by atoms with Gasteiger partial charge < -0.3 is 14.4 Å². The van der Waals surface area contributed by atoms with Gasteiger partial charge in [0.2, 0.25) is 0 Å². The second-order valence-corrected chi connectivity index (χ2v) is 6.72. The number of carbonyl (C=O) groups excluding carboxylic acids is 1. The Hall–Kier alpha value is -3.11. The molecule has 4 rings (SSSR count). The SMILES string of the molecule is COC(=O)C(O)c1cccc2c1cc(C)n2Cc1cccc2ccccc12. The normalized spacial score (nSPS) is 12.4. The van der Waals surface area contributed by atoms with Crippen LogP contribution in [-0.4, -0.2) is 22.8 Å². The number of aliphatic hydroxyl groups excluding tert-OH is 1. The summed E-state index contributed by atoms with van der Waals surface area (Å²) in [5.74, 6) is -0.651. The number of rotatable bonds is 4. The minimum atomic E-state index is -1.29. The molecule has 0 aliphatic rings. The summed E-state index contributed by atoms with van der Waals surface area (Å²) < 4.78 is 6.91. The van der Waals surface area contributed by atoms with Crippen molar-refractivity contribution in [3.63, 3.8) is 0 Å². The highest BCUT2D eigenvalue weighted by Gasteiger charge is 2.22. The number of nitrogens with zero attached hydrogens (tertiary/aromatic N) is 1. The number of aryl methyl sites for hydroxylation is 1. The molecule has 0 aliphatic carbocycles. The van der Waals surface area contributed by atoms with Crippen LogP contribution in [-0.2, 0) is 16.1 Å². The zero-order chi connectivity index (χ0) is 19.0. The van der Waals surface area contributed by atoms with Gasteiger partial charge in [0.15, 0.2) is 6.10 Å². The van der Waals surface area contributed by atoms with Crippen LogP contribution in [0.25, 0.3) is 21.7 Å². The molecule has 0 bridgehead atoms. The molecule has 4 heteroatoms. The molecule has 1 N–H and O–H groups in total.